The van der Waals surface area contributed by atoms with Crippen molar-refractivity contribution in [3.63, 3.8) is 0 Å². The Morgan fingerprint density at radius 2 is 2.16 bits per heavy atom. The Bertz CT molecular complexity index is 630. The Balaban J connectivity index is 1.56. The summed E-state index contributed by atoms with van der Waals surface area (Å²) in [7, 11) is 1.65. The first-order chi connectivity index (χ1) is 12.0. The molecule has 2 aliphatic heterocycles. The predicted molar refractivity (Wildman–Crippen MR) is 92.9 cm³/mol. The molecule has 1 unspecified atom stereocenters. The van der Waals surface area contributed by atoms with Crippen molar-refractivity contribution in [1.82, 2.24) is 19.6 Å². The van der Waals surface area contributed by atoms with E-state index in [1.807, 2.05) is 29.0 Å². The van der Waals surface area contributed by atoms with Gasteiger partial charge >= 0.3 is 0 Å². The Morgan fingerprint density at radius 3 is 2.88 bits per heavy atom. The molecule has 138 valence electrons. The number of hydrogen-bond acceptors (Lipinski definition) is 4. The van der Waals surface area contributed by atoms with Gasteiger partial charge < -0.3 is 14.5 Å². The second-order valence-corrected chi connectivity index (χ2v) is 7.20. The number of likely N-dealkylation sites (tertiary alicyclic amines) is 2. The van der Waals surface area contributed by atoms with E-state index in [2.05, 4.69) is 5.10 Å². The number of amides is 2. The van der Waals surface area contributed by atoms with Crippen LogP contribution in [0.2, 0.25) is 0 Å². The lowest BCUT2D eigenvalue weighted by molar-refractivity contribution is -0.146. The third kappa shape index (κ3) is 3.86. The van der Waals surface area contributed by atoms with Crippen molar-refractivity contribution >= 4 is 11.8 Å². The van der Waals surface area contributed by atoms with Crippen LogP contribution in [0.3, 0.4) is 0 Å². The molecule has 25 heavy (non-hydrogen) atoms. The smallest absolute Gasteiger partial charge is 0.230 e. The van der Waals surface area contributed by atoms with Gasteiger partial charge in [0.25, 0.3) is 0 Å². The molecule has 2 saturated heterocycles. The van der Waals surface area contributed by atoms with Crippen LogP contribution in [0.25, 0.3) is 0 Å². The number of hydrogen-bond donors (Lipinski definition) is 0. The van der Waals surface area contributed by atoms with Gasteiger partial charge in [0.15, 0.2) is 0 Å². The second-order valence-electron chi connectivity index (χ2n) is 7.20. The van der Waals surface area contributed by atoms with Gasteiger partial charge in [0, 0.05) is 52.5 Å². The number of aryl methyl sites for hydroxylation is 2. The number of ether oxygens (including phenoxy) is 1. The molecule has 0 aliphatic carbocycles. The third-order valence-corrected chi connectivity index (χ3v) is 5.42. The summed E-state index contributed by atoms with van der Waals surface area (Å²) in [6.45, 7) is 5.78. The normalized spacial score (nSPS) is 23.7. The van der Waals surface area contributed by atoms with Gasteiger partial charge in [-0.15, -0.1) is 0 Å². The number of nitrogens with zero attached hydrogens (tertiary/aromatic N) is 4. The molecule has 0 aromatic carbocycles. The van der Waals surface area contributed by atoms with Crippen molar-refractivity contribution in [2.24, 2.45) is 5.41 Å². The van der Waals surface area contributed by atoms with Crippen LogP contribution in [0.5, 0.6) is 0 Å². The van der Waals surface area contributed by atoms with Crippen LogP contribution in [-0.2, 0) is 20.9 Å². The zero-order valence-electron chi connectivity index (χ0n) is 15.2. The molecule has 1 aromatic heterocycles. The second kappa shape index (κ2) is 7.56. The molecule has 3 rings (SSSR count). The highest BCUT2D eigenvalue weighted by Crippen LogP contribution is 2.40. The fourth-order valence-electron chi connectivity index (χ4n) is 3.99. The summed E-state index contributed by atoms with van der Waals surface area (Å²) < 4.78 is 6.92. The summed E-state index contributed by atoms with van der Waals surface area (Å²) in [6, 6.07) is 1.94. The van der Waals surface area contributed by atoms with E-state index in [0.29, 0.717) is 39.2 Å². The highest BCUT2D eigenvalue weighted by molar-refractivity contribution is 5.86. The summed E-state index contributed by atoms with van der Waals surface area (Å²) in [5, 5.41) is 4.32. The summed E-state index contributed by atoms with van der Waals surface area (Å²) in [5.74, 6) is 0.320. The molecule has 0 saturated carbocycles. The van der Waals surface area contributed by atoms with E-state index in [0.717, 1.165) is 31.5 Å². The van der Waals surface area contributed by atoms with Crippen molar-refractivity contribution < 1.29 is 14.3 Å². The lowest BCUT2D eigenvalue weighted by Gasteiger charge is -2.39. The number of carbonyl (C=O) groups is 2. The number of rotatable bonds is 6. The molecule has 7 nitrogen and oxygen atoms in total. The van der Waals surface area contributed by atoms with Crippen molar-refractivity contribution in [1.29, 1.82) is 0 Å². The molecule has 2 amide bonds. The lowest BCUT2D eigenvalue weighted by atomic mass is 9.78. The highest BCUT2D eigenvalue weighted by Gasteiger charge is 2.49. The minimum Gasteiger partial charge on any atom is -0.383 e. The van der Waals surface area contributed by atoms with Crippen molar-refractivity contribution in [2.75, 3.05) is 39.9 Å². The minimum atomic E-state index is -0.371. The standard InChI is InChI=1S/C18H28N4O3/c1-15-4-9-22(19-15)10-5-16(23)21-11-7-18(14-21)6-3-8-20(17(18)24)12-13-25-2/h4,9H,3,5-8,10-14H2,1-2H3. The van der Waals surface area contributed by atoms with Gasteiger partial charge in [-0.2, -0.15) is 5.10 Å². The molecule has 0 N–H and O–H groups in total. The number of methoxy groups -OCH3 is 1. The van der Waals surface area contributed by atoms with Crippen LogP contribution >= 0.6 is 0 Å². The van der Waals surface area contributed by atoms with E-state index < -0.39 is 0 Å². The topological polar surface area (TPSA) is 67.7 Å². The van der Waals surface area contributed by atoms with Crippen LogP contribution in [0.15, 0.2) is 12.3 Å². The van der Waals surface area contributed by atoms with Gasteiger partial charge in [0.1, 0.15) is 0 Å². The maximum absolute atomic E-state index is 12.9. The molecule has 7 heteroatoms. The molecule has 0 bridgehead atoms. The zero-order chi connectivity index (χ0) is 17.9. The average molecular weight is 348 g/mol. The van der Waals surface area contributed by atoms with E-state index >= 15 is 0 Å². The Morgan fingerprint density at radius 1 is 1.32 bits per heavy atom. The maximum Gasteiger partial charge on any atom is 0.230 e. The fourth-order valence-corrected chi connectivity index (χ4v) is 3.99. The van der Waals surface area contributed by atoms with Gasteiger partial charge in [0.2, 0.25) is 11.8 Å². The van der Waals surface area contributed by atoms with E-state index in [1.165, 1.54) is 0 Å². The lowest BCUT2D eigenvalue weighted by Crippen LogP contribution is -2.51. The van der Waals surface area contributed by atoms with Crippen LogP contribution in [0.1, 0.15) is 31.4 Å². The molecular weight excluding hydrogens is 320 g/mol. The first-order valence-electron chi connectivity index (χ1n) is 9.10. The first kappa shape index (κ1) is 17.9. The quantitative estimate of drug-likeness (QED) is 0.771. The fraction of sp³-hybridized carbons (Fsp3) is 0.722. The molecule has 0 radical (unpaired) electrons. The van der Waals surface area contributed by atoms with Crippen LogP contribution in [0, 0.1) is 12.3 Å². The summed E-state index contributed by atoms with van der Waals surface area (Å²) >= 11 is 0. The SMILES string of the molecule is COCCN1CCCC2(CCN(C(=O)CCn3ccc(C)n3)C2)C1=O. The third-order valence-electron chi connectivity index (χ3n) is 5.42. The molecular formula is C18H28N4O3. The van der Waals surface area contributed by atoms with Gasteiger partial charge in [-0.1, -0.05) is 0 Å². The molecule has 2 aliphatic rings. The van der Waals surface area contributed by atoms with Gasteiger partial charge in [0.05, 0.1) is 17.7 Å². The molecule has 1 atom stereocenters. The Labute approximate surface area is 148 Å². The van der Waals surface area contributed by atoms with Gasteiger partial charge in [-0.25, -0.2) is 0 Å². The zero-order valence-corrected chi connectivity index (χ0v) is 15.2. The minimum absolute atomic E-state index is 0.117. The number of aromatic nitrogens is 2. The molecule has 1 aromatic rings. The number of carbonyl (C=O) groups excluding carboxylic acids is 2. The van der Waals surface area contributed by atoms with Crippen LogP contribution in [-0.4, -0.2) is 71.3 Å². The summed E-state index contributed by atoms with van der Waals surface area (Å²) in [5.41, 5.74) is 0.584. The van der Waals surface area contributed by atoms with Gasteiger partial charge in [-0.3, -0.25) is 14.3 Å². The summed E-state index contributed by atoms with van der Waals surface area (Å²) in [4.78, 5) is 29.3. The maximum atomic E-state index is 12.9. The van der Waals surface area contributed by atoms with Crippen molar-refractivity contribution in [2.45, 2.75) is 39.2 Å². The van der Waals surface area contributed by atoms with E-state index in [1.54, 1.807) is 11.8 Å². The molecule has 2 fully saturated rings. The molecule has 1 spiro atoms. The van der Waals surface area contributed by atoms with Crippen molar-refractivity contribution in [3.05, 3.63) is 18.0 Å². The van der Waals surface area contributed by atoms with E-state index in [4.69, 9.17) is 4.74 Å². The number of piperidine rings is 1. The largest absolute Gasteiger partial charge is 0.383 e. The summed E-state index contributed by atoms with van der Waals surface area (Å²) in [6.07, 6.45) is 4.99. The van der Waals surface area contributed by atoms with E-state index in [9.17, 15) is 9.59 Å². The molecule has 3 heterocycles. The monoisotopic (exact) mass is 348 g/mol. The Hall–Kier alpha value is -1.89. The van der Waals surface area contributed by atoms with Crippen molar-refractivity contribution in [3.8, 4) is 0 Å². The first-order valence-corrected chi connectivity index (χ1v) is 9.10. The average Bonchev–Trinajstić information content (AvgIpc) is 3.21. The van der Waals surface area contributed by atoms with Gasteiger partial charge in [-0.05, 0) is 32.3 Å². The Kier molecular flexibility index (Phi) is 5.42. The van der Waals surface area contributed by atoms with E-state index in [-0.39, 0.29) is 17.2 Å². The van der Waals surface area contributed by atoms with Crippen LogP contribution in [0.4, 0.5) is 0 Å². The van der Waals surface area contributed by atoms with Crippen LogP contribution < -0.4 is 0 Å². The predicted octanol–water partition coefficient (Wildman–Crippen LogP) is 1.07. The highest BCUT2D eigenvalue weighted by atomic mass is 16.5.